The van der Waals surface area contributed by atoms with Crippen molar-refractivity contribution in [3.63, 3.8) is 0 Å². The Morgan fingerprint density at radius 2 is 2.00 bits per heavy atom. The molecule has 9 heteroatoms. The van der Waals surface area contributed by atoms with Crippen LogP contribution in [0.4, 0.5) is 4.79 Å². The average Bonchev–Trinajstić information content (AvgIpc) is 2.46. The zero-order valence-corrected chi connectivity index (χ0v) is 15.5. The molecular weight excluding hydrogens is 376 g/mol. The van der Waals surface area contributed by atoms with E-state index in [9.17, 15) is 9.59 Å². The predicted octanol–water partition coefficient (Wildman–Crippen LogP) is 3.39. The van der Waals surface area contributed by atoms with Crippen LogP contribution in [0.3, 0.4) is 0 Å². The van der Waals surface area contributed by atoms with Crippen LogP contribution in [0.25, 0.3) is 0 Å². The summed E-state index contributed by atoms with van der Waals surface area (Å²) in [5.41, 5.74) is 4.68. The summed E-state index contributed by atoms with van der Waals surface area (Å²) in [4.78, 5) is 25.1. The Hall–Kier alpha value is -0.540. The number of hydrogen-bond donors (Lipinski definition) is 4. The molecule has 1 fully saturated rings. The maximum atomic E-state index is 12.8. The van der Waals surface area contributed by atoms with Crippen LogP contribution in [-0.2, 0) is 15.1 Å². The molecule has 2 N–H and O–H groups in total. The minimum atomic E-state index is -1.78. The molecule has 2 rings (SSSR count). The van der Waals surface area contributed by atoms with E-state index in [1.165, 1.54) is 0 Å². The smallest absolute Gasteiger partial charge is 0.408 e. The van der Waals surface area contributed by atoms with E-state index < -0.39 is 16.0 Å². The summed E-state index contributed by atoms with van der Waals surface area (Å²) in [7, 11) is 0. The first kappa shape index (κ1) is 18.8. The van der Waals surface area contributed by atoms with Crippen LogP contribution in [-0.4, -0.2) is 20.6 Å². The van der Waals surface area contributed by atoms with E-state index in [-0.39, 0.29) is 5.78 Å². The molecule has 0 saturated heterocycles. The molecule has 1 amide bonds. The number of ether oxygens (including phenoxy) is 1. The van der Waals surface area contributed by atoms with Gasteiger partial charge in [0, 0.05) is 17.0 Å². The van der Waals surface area contributed by atoms with Crippen molar-refractivity contribution in [1.29, 1.82) is 0 Å². The third kappa shape index (κ3) is 3.93. The number of thiol groups is 3. The van der Waals surface area contributed by atoms with Crippen molar-refractivity contribution in [2.24, 2.45) is 5.73 Å². The van der Waals surface area contributed by atoms with Crippen LogP contribution in [0.15, 0.2) is 24.3 Å². The Kier molecular flexibility index (Phi) is 5.84. The molecule has 1 unspecified atom stereocenters. The normalized spacial score (nSPS) is 21.9. The molecule has 5 nitrogen and oxygen atoms in total. The van der Waals surface area contributed by atoms with Crippen molar-refractivity contribution in [1.82, 2.24) is 4.31 Å². The molecule has 1 aromatic carbocycles. The van der Waals surface area contributed by atoms with Gasteiger partial charge in [-0.2, -0.15) is 0 Å². The molecule has 23 heavy (non-hydrogen) atoms. The fourth-order valence-corrected chi connectivity index (χ4v) is 3.57. The second kappa shape index (κ2) is 7.14. The molecule has 1 atom stereocenters. The van der Waals surface area contributed by atoms with E-state index in [4.69, 9.17) is 22.1 Å². The second-order valence-corrected chi connectivity index (χ2v) is 7.80. The highest BCUT2D eigenvalue weighted by atomic mass is 35.5. The summed E-state index contributed by atoms with van der Waals surface area (Å²) in [6.07, 6.45) is 1.30. The number of rotatable bonds is 3. The van der Waals surface area contributed by atoms with E-state index in [1.54, 1.807) is 24.3 Å². The molecule has 0 aromatic heterocycles. The van der Waals surface area contributed by atoms with Gasteiger partial charge in [-0.3, -0.25) is 10.5 Å². The van der Waals surface area contributed by atoms with Crippen LogP contribution in [0.2, 0.25) is 5.02 Å². The van der Waals surface area contributed by atoms with Gasteiger partial charge in [0.25, 0.3) is 4.39 Å². The number of benzene rings is 1. The SMILES string of the molecule is NC(S)(S)OC(=O)N(S)C1(c2ccccc2Cl)CCCCC1=O. The number of halogens is 1. The predicted molar refractivity (Wildman–Crippen MR) is 98.8 cm³/mol. The quantitative estimate of drug-likeness (QED) is 0.470. The van der Waals surface area contributed by atoms with Gasteiger partial charge in [0.2, 0.25) is 0 Å². The topological polar surface area (TPSA) is 72.6 Å². The van der Waals surface area contributed by atoms with Gasteiger partial charge in [-0.15, -0.1) is 25.3 Å². The van der Waals surface area contributed by atoms with Crippen LogP contribution in [0.1, 0.15) is 31.2 Å². The van der Waals surface area contributed by atoms with Gasteiger partial charge in [-0.05, 0) is 25.3 Å². The Labute approximate surface area is 156 Å². The highest BCUT2D eigenvalue weighted by Gasteiger charge is 2.50. The van der Waals surface area contributed by atoms with Gasteiger partial charge in [0.05, 0.1) is 0 Å². The number of nitrogens with two attached hydrogens (primary N) is 1. The molecule has 1 aromatic rings. The minimum Gasteiger partial charge on any atom is -0.408 e. The molecule has 0 radical (unpaired) electrons. The summed E-state index contributed by atoms with van der Waals surface area (Å²) >= 11 is 18.2. The molecule has 1 aliphatic carbocycles. The minimum absolute atomic E-state index is 0.148. The van der Waals surface area contributed by atoms with Crippen LogP contribution in [0, 0.1) is 0 Å². The highest BCUT2D eigenvalue weighted by Crippen LogP contribution is 2.44. The summed E-state index contributed by atoms with van der Waals surface area (Å²) in [6.45, 7) is 0. The molecule has 1 saturated carbocycles. The Bertz CT molecular complexity index is 624. The summed E-state index contributed by atoms with van der Waals surface area (Å²) in [5.74, 6) is -0.148. The van der Waals surface area contributed by atoms with Gasteiger partial charge in [0.1, 0.15) is 5.54 Å². The first-order valence-corrected chi connectivity index (χ1v) is 8.60. The van der Waals surface area contributed by atoms with Gasteiger partial charge >= 0.3 is 6.09 Å². The van der Waals surface area contributed by atoms with Gasteiger partial charge in [0.15, 0.2) is 5.78 Å². The molecule has 0 aliphatic heterocycles. The maximum absolute atomic E-state index is 12.8. The maximum Gasteiger partial charge on any atom is 0.423 e. The van der Waals surface area contributed by atoms with E-state index in [0.717, 1.165) is 17.1 Å². The zero-order chi connectivity index (χ0) is 17.3. The Balaban J connectivity index is 2.49. The number of amides is 1. The fourth-order valence-electron chi connectivity index (χ4n) is 2.76. The number of ketones is 1. The lowest BCUT2D eigenvalue weighted by molar-refractivity contribution is -0.130. The van der Waals surface area contributed by atoms with E-state index >= 15 is 0 Å². The summed E-state index contributed by atoms with van der Waals surface area (Å²) in [6, 6.07) is 6.87. The molecule has 0 bridgehead atoms. The number of carbonyl (C=O) groups excluding carboxylic acids is 2. The number of hydrogen-bond acceptors (Lipinski definition) is 7. The first-order valence-electron chi connectivity index (χ1n) is 6.92. The van der Waals surface area contributed by atoms with Crippen LogP contribution < -0.4 is 5.73 Å². The number of carbonyl (C=O) groups is 2. The van der Waals surface area contributed by atoms with Gasteiger partial charge in [-0.25, -0.2) is 9.10 Å². The van der Waals surface area contributed by atoms with Crippen molar-refractivity contribution in [3.05, 3.63) is 34.9 Å². The van der Waals surface area contributed by atoms with Crippen LogP contribution in [0.5, 0.6) is 0 Å². The van der Waals surface area contributed by atoms with Gasteiger partial charge < -0.3 is 4.74 Å². The fraction of sp³-hybridized carbons (Fsp3) is 0.429. The lowest BCUT2D eigenvalue weighted by atomic mass is 9.75. The standard InChI is InChI=1S/C14H17ClN2O3S3/c15-10-6-2-1-5-9(10)13(8-4-3-7-11(13)18)17(23)12(19)20-14(16,21)22/h1-2,5-6,21-23H,3-4,7-8,16H2. The zero-order valence-electron chi connectivity index (χ0n) is 12.1. The summed E-state index contributed by atoms with van der Waals surface area (Å²) < 4.78 is 4.08. The third-order valence-corrected chi connectivity index (χ3v) is 4.76. The van der Waals surface area contributed by atoms with Crippen molar-refractivity contribution in [2.45, 2.75) is 35.6 Å². The molecular formula is C14H17ClN2O3S3. The first-order chi connectivity index (χ1) is 10.7. The van der Waals surface area contributed by atoms with Crippen molar-refractivity contribution in [2.75, 3.05) is 0 Å². The second-order valence-electron chi connectivity index (χ2n) is 5.31. The van der Waals surface area contributed by atoms with Gasteiger partial charge in [-0.1, -0.05) is 42.6 Å². The summed E-state index contributed by atoms with van der Waals surface area (Å²) in [5, 5.41) is 0.380. The van der Waals surface area contributed by atoms with E-state index in [0.29, 0.717) is 23.4 Å². The molecule has 1 aliphatic rings. The average molecular weight is 393 g/mol. The third-order valence-electron chi connectivity index (χ3n) is 3.75. The largest absolute Gasteiger partial charge is 0.423 e. The Morgan fingerprint density at radius 1 is 1.35 bits per heavy atom. The van der Waals surface area contributed by atoms with E-state index in [2.05, 4.69) is 38.1 Å². The highest BCUT2D eigenvalue weighted by molar-refractivity contribution is 8.00. The van der Waals surface area contributed by atoms with Crippen molar-refractivity contribution >= 4 is 61.5 Å². The van der Waals surface area contributed by atoms with Crippen LogP contribution >= 0.6 is 49.7 Å². The van der Waals surface area contributed by atoms with Crippen molar-refractivity contribution < 1.29 is 14.3 Å². The van der Waals surface area contributed by atoms with E-state index in [1.807, 2.05) is 0 Å². The Morgan fingerprint density at radius 3 is 2.57 bits per heavy atom. The number of Topliss-reactive ketones (excluding diaryl/α,β-unsaturated/α-hetero) is 1. The molecule has 126 valence electrons. The molecule has 0 heterocycles. The lowest BCUT2D eigenvalue weighted by Gasteiger charge is -2.42. The monoisotopic (exact) mass is 392 g/mol. The molecule has 0 spiro atoms. The number of nitrogens with zero attached hydrogens (tertiary/aromatic N) is 1. The van der Waals surface area contributed by atoms with Crippen molar-refractivity contribution in [3.8, 4) is 0 Å². The lowest BCUT2D eigenvalue weighted by Crippen LogP contribution is -2.53.